The van der Waals surface area contributed by atoms with Gasteiger partial charge in [-0.1, -0.05) is 48.0 Å². The Bertz CT molecular complexity index is 1030. The van der Waals surface area contributed by atoms with Crippen molar-refractivity contribution in [3.05, 3.63) is 76.4 Å². The van der Waals surface area contributed by atoms with Gasteiger partial charge in [0.1, 0.15) is 0 Å². The zero-order valence-corrected chi connectivity index (χ0v) is 15.3. The maximum atomic E-state index is 6.32. The van der Waals surface area contributed by atoms with E-state index >= 15 is 0 Å². The van der Waals surface area contributed by atoms with Crippen LogP contribution in [0.5, 0.6) is 0 Å². The summed E-state index contributed by atoms with van der Waals surface area (Å²) < 4.78 is 0. The Balaban J connectivity index is 1.51. The summed E-state index contributed by atoms with van der Waals surface area (Å²) in [6.45, 7) is 0. The Morgan fingerprint density at radius 2 is 1.92 bits per heavy atom. The summed E-state index contributed by atoms with van der Waals surface area (Å²) in [4.78, 5) is 4.61. The van der Waals surface area contributed by atoms with Gasteiger partial charge in [0.2, 0.25) is 0 Å². The van der Waals surface area contributed by atoms with Crippen molar-refractivity contribution in [1.82, 2.24) is 15.2 Å². The number of thiazole rings is 1. The van der Waals surface area contributed by atoms with Gasteiger partial charge in [-0.3, -0.25) is 0 Å². The lowest BCUT2D eigenvalue weighted by Crippen LogP contribution is -2.13. The summed E-state index contributed by atoms with van der Waals surface area (Å²) in [5, 5.41) is 17.0. The van der Waals surface area contributed by atoms with Crippen LogP contribution in [-0.4, -0.2) is 15.2 Å². The quantitative estimate of drug-likeness (QED) is 0.522. The number of halogens is 1. The molecule has 1 unspecified atom stereocenters. The van der Waals surface area contributed by atoms with Crippen molar-refractivity contribution in [2.24, 2.45) is 5.73 Å². The maximum absolute atomic E-state index is 6.32. The number of nitrogens with one attached hydrogen (secondary N) is 1. The average Bonchev–Trinajstić information content (AvgIpc) is 3.13. The van der Waals surface area contributed by atoms with Gasteiger partial charge in [0.05, 0.1) is 17.9 Å². The number of benzene rings is 2. The minimum absolute atomic E-state index is 0.179. The summed E-state index contributed by atoms with van der Waals surface area (Å²) in [5.41, 5.74) is 8.29. The Hall–Kier alpha value is -2.54. The SMILES string of the molecule is NC(Cc1ccc(Cl)cc1)c1csc(Nc2nncc3ccccc23)n1. The minimum atomic E-state index is -0.179. The van der Waals surface area contributed by atoms with Crippen molar-refractivity contribution in [3.8, 4) is 0 Å². The zero-order valence-electron chi connectivity index (χ0n) is 13.8. The second-order valence-electron chi connectivity index (χ2n) is 5.92. The average molecular weight is 382 g/mol. The van der Waals surface area contributed by atoms with E-state index in [0.717, 1.165) is 32.2 Å². The molecule has 0 aliphatic carbocycles. The Kier molecular flexibility index (Phi) is 4.79. The zero-order chi connectivity index (χ0) is 17.9. The minimum Gasteiger partial charge on any atom is -0.322 e. The number of aromatic nitrogens is 3. The molecule has 0 radical (unpaired) electrons. The third-order valence-corrected chi connectivity index (χ3v) is 5.09. The van der Waals surface area contributed by atoms with Crippen molar-refractivity contribution in [1.29, 1.82) is 0 Å². The first-order chi connectivity index (χ1) is 12.7. The van der Waals surface area contributed by atoms with Crippen LogP contribution in [0.1, 0.15) is 17.3 Å². The van der Waals surface area contributed by atoms with E-state index in [1.54, 1.807) is 6.20 Å². The third-order valence-electron chi connectivity index (χ3n) is 4.07. The van der Waals surface area contributed by atoms with Crippen LogP contribution in [0.2, 0.25) is 5.02 Å². The summed E-state index contributed by atoms with van der Waals surface area (Å²) >= 11 is 7.43. The molecule has 0 aliphatic heterocycles. The summed E-state index contributed by atoms with van der Waals surface area (Å²) in [7, 11) is 0. The van der Waals surface area contributed by atoms with E-state index in [1.807, 2.05) is 53.9 Å². The van der Waals surface area contributed by atoms with Crippen molar-refractivity contribution in [3.63, 3.8) is 0 Å². The van der Waals surface area contributed by atoms with Gasteiger partial charge < -0.3 is 11.1 Å². The molecule has 2 aromatic heterocycles. The van der Waals surface area contributed by atoms with Gasteiger partial charge in [-0.05, 0) is 24.1 Å². The number of hydrogen-bond acceptors (Lipinski definition) is 6. The van der Waals surface area contributed by atoms with Crippen LogP contribution in [0.3, 0.4) is 0 Å². The van der Waals surface area contributed by atoms with Crippen molar-refractivity contribution in [2.45, 2.75) is 12.5 Å². The predicted octanol–water partition coefficient (Wildman–Crippen LogP) is 4.73. The van der Waals surface area contributed by atoms with E-state index in [1.165, 1.54) is 11.3 Å². The molecule has 0 spiro atoms. The lowest BCUT2D eigenvalue weighted by molar-refractivity contribution is 0.702. The Morgan fingerprint density at radius 3 is 2.77 bits per heavy atom. The van der Waals surface area contributed by atoms with E-state index in [2.05, 4.69) is 20.5 Å². The van der Waals surface area contributed by atoms with Gasteiger partial charge in [0.25, 0.3) is 0 Å². The molecule has 4 aromatic rings. The van der Waals surface area contributed by atoms with Crippen LogP contribution in [0.15, 0.2) is 60.1 Å². The van der Waals surface area contributed by atoms with Crippen LogP contribution < -0.4 is 11.1 Å². The van der Waals surface area contributed by atoms with Crippen LogP contribution in [0, 0.1) is 0 Å². The van der Waals surface area contributed by atoms with E-state index < -0.39 is 0 Å². The number of anilines is 2. The van der Waals surface area contributed by atoms with Gasteiger partial charge >= 0.3 is 0 Å². The first kappa shape index (κ1) is 16.9. The lowest BCUT2D eigenvalue weighted by atomic mass is 10.1. The standard InChI is InChI=1S/C19H16ClN5S/c20-14-7-5-12(6-8-14)9-16(21)17-11-26-19(23-17)24-18-15-4-2-1-3-13(15)10-22-25-18/h1-8,10-11,16H,9,21H2,(H,23,24,25). The smallest absolute Gasteiger partial charge is 0.188 e. The monoisotopic (exact) mass is 381 g/mol. The van der Waals surface area contributed by atoms with E-state index in [4.69, 9.17) is 17.3 Å². The van der Waals surface area contributed by atoms with E-state index in [0.29, 0.717) is 12.2 Å². The second kappa shape index (κ2) is 7.37. The van der Waals surface area contributed by atoms with Gasteiger partial charge in [-0.25, -0.2) is 4.98 Å². The van der Waals surface area contributed by atoms with Crippen molar-refractivity contribution in [2.75, 3.05) is 5.32 Å². The number of rotatable bonds is 5. The first-order valence-electron chi connectivity index (χ1n) is 8.12. The molecular formula is C19H16ClN5S. The molecule has 0 aliphatic rings. The molecule has 0 amide bonds. The first-order valence-corrected chi connectivity index (χ1v) is 9.38. The Morgan fingerprint density at radius 1 is 1.12 bits per heavy atom. The number of nitrogens with zero attached hydrogens (tertiary/aromatic N) is 3. The van der Waals surface area contributed by atoms with Crippen LogP contribution in [0.4, 0.5) is 10.9 Å². The summed E-state index contributed by atoms with van der Waals surface area (Å²) in [6, 6.07) is 15.5. The van der Waals surface area contributed by atoms with Crippen LogP contribution >= 0.6 is 22.9 Å². The van der Waals surface area contributed by atoms with Crippen molar-refractivity contribution >= 4 is 44.7 Å². The third kappa shape index (κ3) is 3.67. The van der Waals surface area contributed by atoms with E-state index in [9.17, 15) is 0 Å². The highest BCUT2D eigenvalue weighted by Crippen LogP contribution is 2.27. The highest BCUT2D eigenvalue weighted by Gasteiger charge is 2.13. The van der Waals surface area contributed by atoms with Gasteiger partial charge in [0, 0.05) is 21.2 Å². The maximum Gasteiger partial charge on any atom is 0.188 e. The number of nitrogens with two attached hydrogens (primary N) is 1. The Labute approximate surface area is 159 Å². The van der Waals surface area contributed by atoms with Crippen LogP contribution in [-0.2, 0) is 6.42 Å². The van der Waals surface area contributed by atoms with Crippen molar-refractivity contribution < 1.29 is 0 Å². The molecule has 5 nitrogen and oxygen atoms in total. The normalized spacial score (nSPS) is 12.2. The van der Waals surface area contributed by atoms with Crippen LogP contribution in [0.25, 0.3) is 10.8 Å². The molecule has 0 fully saturated rings. The fraction of sp³-hybridized carbons (Fsp3) is 0.105. The molecule has 2 aromatic carbocycles. The van der Waals surface area contributed by atoms with Gasteiger partial charge in [0.15, 0.2) is 10.9 Å². The molecule has 4 rings (SSSR count). The largest absolute Gasteiger partial charge is 0.322 e. The molecule has 7 heteroatoms. The second-order valence-corrected chi connectivity index (χ2v) is 7.21. The molecule has 0 saturated heterocycles. The molecule has 0 saturated carbocycles. The summed E-state index contributed by atoms with van der Waals surface area (Å²) in [5.74, 6) is 0.690. The molecule has 1 atom stereocenters. The topological polar surface area (TPSA) is 76.7 Å². The molecule has 3 N–H and O–H groups in total. The molecule has 26 heavy (non-hydrogen) atoms. The number of hydrogen-bond donors (Lipinski definition) is 2. The van der Waals surface area contributed by atoms with Gasteiger partial charge in [-0.15, -0.1) is 16.4 Å². The molecule has 130 valence electrons. The molecule has 2 heterocycles. The van der Waals surface area contributed by atoms with Gasteiger partial charge in [-0.2, -0.15) is 5.10 Å². The lowest BCUT2D eigenvalue weighted by Gasteiger charge is -2.09. The van der Waals surface area contributed by atoms with E-state index in [-0.39, 0.29) is 6.04 Å². The summed E-state index contributed by atoms with van der Waals surface area (Å²) in [6.07, 6.45) is 2.45. The molecular weight excluding hydrogens is 366 g/mol. The highest BCUT2D eigenvalue weighted by molar-refractivity contribution is 7.13. The fourth-order valence-corrected chi connectivity index (χ4v) is 3.61. The predicted molar refractivity (Wildman–Crippen MR) is 107 cm³/mol. The molecule has 0 bridgehead atoms. The highest BCUT2D eigenvalue weighted by atomic mass is 35.5. The fourth-order valence-electron chi connectivity index (χ4n) is 2.71. The number of fused-ring (bicyclic) bond motifs is 1.